The van der Waals surface area contributed by atoms with Gasteiger partial charge in [0.2, 0.25) is 18.2 Å². The lowest BCUT2D eigenvalue weighted by Crippen LogP contribution is -2.12. The minimum Gasteiger partial charge on any atom is -0.292 e. The summed E-state index contributed by atoms with van der Waals surface area (Å²) < 4.78 is 29.0. The lowest BCUT2D eigenvalue weighted by molar-refractivity contribution is 0.397. The minimum atomic E-state index is -3.72. The van der Waals surface area contributed by atoms with Crippen molar-refractivity contribution in [2.45, 2.75) is 33.2 Å². The highest BCUT2D eigenvalue weighted by Crippen LogP contribution is 2.20. The number of hydrogen-bond acceptors (Lipinski definition) is 2. The Morgan fingerprint density at radius 2 is 1.82 bits per heavy atom. The molecule has 0 saturated heterocycles. The van der Waals surface area contributed by atoms with Gasteiger partial charge in [0.1, 0.15) is 0 Å². The molecular formula is C6H14O3SSi. The van der Waals surface area contributed by atoms with Gasteiger partial charge in [0, 0.05) is 0 Å². The molecule has 0 fully saturated rings. The molecule has 0 bridgehead atoms. The van der Waals surface area contributed by atoms with E-state index in [0.717, 1.165) is 6.42 Å². The Kier molecular flexibility index (Phi) is 3.73. The third-order valence-corrected chi connectivity index (χ3v) is 3.69. The van der Waals surface area contributed by atoms with E-state index in [1.807, 2.05) is 20.8 Å². The molecule has 11 heavy (non-hydrogen) atoms. The molecule has 0 aliphatic rings. The van der Waals surface area contributed by atoms with Crippen LogP contribution in [0.3, 0.4) is 0 Å². The Balaban J connectivity index is 3.61. The molecule has 3 nitrogen and oxygen atoms in total. The fourth-order valence-electron chi connectivity index (χ4n) is 0.555. The maximum atomic E-state index is 10.3. The van der Waals surface area contributed by atoms with Gasteiger partial charge in [0.25, 0.3) is 0 Å². The third kappa shape index (κ3) is 10.1. The molecule has 0 atom stereocenters. The molecule has 1 N–H and O–H groups in total. The fourth-order valence-corrected chi connectivity index (χ4v) is 2.75. The predicted octanol–water partition coefficient (Wildman–Crippen LogP) is 1.35. The molecule has 0 aromatic carbocycles. The van der Waals surface area contributed by atoms with Crippen LogP contribution < -0.4 is 0 Å². The van der Waals surface area contributed by atoms with Gasteiger partial charge in [-0.15, -0.1) is 0 Å². The predicted molar refractivity (Wildman–Crippen MR) is 46.2 cm³/mol. The average Bonchev–Trinajstić information content (AvgIpc) is 1.55. The van der Waals surface area contributed by atoms with Crippen molar-refractivity contribution in [3.05, 3.63) is 0 Å². The van der Waals surface area contributed by atoms with Crippen LogP contribution in [-0.4, -0.2) is 21.6 Å². The van der Waals surface area contributed by atoms with E-state index in [1.54, 1.807) is 0 Å². The van der Waals surface area contributed by atoms with Crippen LogP contribution in [0.25, 0.3) is 0 Å². The molecule has 0 saturated carbocycles. The Bertz CT molecular complexity index is 202. The molecule has 5 heteroatoms. The van der Waals surface area contributed by atoms with E-state index >= 15 is 0 Å². The Hall–Kier alpha value is 0.127. The number of rotatable bonds is 3. The van der Waals surface area contributed by atoms with E-state index in [9.17, 15) is 8.42 Å². The first kappa shape index (κ1) is 11.1. The fraction of sp³-hybridized carbons (Fsp3) is 1.00. The van der Waals surface area contributed by atoms with E-state index in [1.165, 1.54) is 0 Å². The number of hydrogen-bond donors (Lipinski definition) is 1. The molecule has 2 radical (unpaired) electrons. The molecule has 0 rings (SSSR count). The second kappa shape index (κ2) is 3.69. The normalized spacial score (nSPS) is 13.5. The maximum absolute atomic E-state index is 10.3. The molecule has 0 heterocycles. The summed E-state index contributed by atoms with van der Waals surface area (Å²) in [7, 11) is -4.08. The highest BCUT2D eigenvalue weighted by atomic mass is 32.4. The van der Waals surface area contributed by atoms with Crippen LogP contribution in [0.5, 0.6) is 0 Å². The van der Waals surface area contributed by atoms with Crippen LogP contribution >= 0.6 is 0 Å². The Labute approximate surface area is 70.4 Å². The van der Waals surface area contributed by atoms with E-state index in [-0.39, 0.29) is 14.1 Å². The van der Waals surface area contributed by atoms with Crippen molar-refractivity contribution in [1.29, 1.82) is 0 Å². The summed E-state index contributed by atoms with van der Waals surface area (Å²) in [5.41, 5.74) is 0.150. The second-order valence-corrected chi connectivity index (χ2v) is 7.83. The molecular weight excluding hydrogens is 180 g/mol. The van der Waals surface area contributed by atoms with E-state index < -0.39 is 9.57 Å². The molecule has 0 spiro atoms. The van der Waals surface area contributed by atoms with E-state index in [2.05, 4.69) is 0 Å². The zero-order valence-corrected chi connectivity index (χ0v) is 8.90. The van der Waals surface area contributed by atoms with Crippen LogP contribution in [-0.2, 0) is 9.57 Å². The maximum Gasteiger partial charge on any atom is 0.249 e. The first-order valence-corrected chi connectivity index (χ1v) is 6.80. The molecule has 66 valence electrons. The molecule has 0 unspecified atom stereocenters. The van der Waals surface area contributed by atoms with Crippen molar-refractivity contribution >= 4 is 18.2 Å². The van der Waals surface area contributed by atoms with Gasteiger partial charge in [-0.1, -0.05) is 27.2 Å². The molecule has 0 aliphatic carbocycles. The molecule has 0 aromatic rings. The van der Waals surface area contributed by atoms with Gasteiger partial charge in [0.05, 0.1) is 0 Å². The van der Waals surface area contributed by atoms with Crippen molar-refractivity contribution < 1.29 is 13.0 Å². The largest absolute Gasteiger partial charge is 0.292 e. The van der Waals surface area contributed by atoms with E-state index in [4.69, 9.17) is 4.55 Å². The zero-order valence-electron chi connectivity index (χ0n) is 7.09. The van der Waals surface area contributed by atoms with Crippen molar-refractivity contribution in [2.24, 2.45) is 5.41 Å². The SMILES string of the molecule is CC(C)(C)CC[Si]S(=O)(=O)O. The topological polar surface area (TPSA) is 54.4 Å². The van der Waals surface area contributed by atoms with Crippen LogP contribution in [0.15, 0.2) is 0 Å². The van der Waals surface area contributed by atoms with Gasteiger partial charge in [0.15, 0.2) is 0 Å². The summed E-state index contributed by atoms with van der Waals surface area (Å²) in [5, 5.41) is 0. The van der Waals surface area contributed by atoms with Gasteiger partial charge in [-0.25, -0.2) is 8.42 Å². The summed E-state index contributed by atoms with van der Waals surface area (Å²) in [6.07, 6.45) is 0.825. The van der Waals surface area contributed by atoms with Gasteiger partial charge in [-0.2, -0.15) is 0 Å². The van der Waals surface area contributed by atoms with Crippen LogP contribution in [0, 0.1) is 5.41 Å². The molecule has 0 aromatic heterocycles. The van der Waals surface area contributed by atoms with Crippen molar-refractivity contribution in [3.8, 4) is 0 Å². The van der Waals surface area contributed by atoms with Gasteiger partial charge in [-0.05, 0) is 11.5 Å². The van der Waals surface area contributed by atoms with Gasteiger partial charge in [-0.3, -0.25) is 4.55 Å². The van der Waals surface area contributed by atoms with Crippen molar-refractivity contribution in [1.82, 2.24) is 0 Å². The Morgan fingerprint density at radius 3 is 2.09 bits per heavy atom. The first-order valence-electron chi connectivity index (χ1n) is 3.43. The highest BCUT2D eigenvalue weighted by molar-refractivity contribution is 8.10. The molecule has 0 amide bonds. The minimum absolute atomic E-state index is 0.150. The second-order valence-electron chi connectivity index (χ2n) is 3.68. The average molecular weight is 194 g/mol. The summed E-state index contributed by atoms with van der Waals surface area (Å²) in [4.78, 5) is 0. The third-order valence-electron chi connectivity index (χ3n) is 1.16. The van der Waals surface area contributed by atoms with Gasteiger partial charge < -0.3 is 0 Å². The standard InChI is InChI=1S/C6H14O3SSi/c1-6(2,3)4-5-11-10(7,8)9/h4-5H2,1-3H3,(H,7,8,9). The summed E-state index contributed by atoms with van der Waals surface area (Å²) in [5.74, 6) is 0. The summed E-state index contributed by atoms with van der Waals surface area (Å²) in [6.45, 7) is 6.13. The Morgan fingerprint density at radius 1 is 1.36 bits per heavy atom. The highest BCUT2D eigenvalue weighted by Gasteiger charge is 2.13. The zero-order chi connectivity index (χ0) is 9.12. The van der Waals surface area contributed by atoms with Crippen LogP contribution in [0.2, 0.25) is 6.04 Å². The van der Waals surface area contributed by atoms with Crippen LogP contribution in [0.1, 0.15) is 27.2 Å². The molecule has 0 aliphatic heterocycles. The van der Waals surface area contributed by atoms with Crippen molar-refractivity contribution in [3.63, 3.8) is 0 Å². The van der Waals surface area contributed by atoms with E-state index in [0.29, 0.717) is 6.04 Å². The smallest absolute Gasteiger partial charge is 0.249 e. The quantitative estimate of drug-likeness (QED) is 0.545. The van der Waals surface area contributed by atoms with Crippen molar-refractivity contribution in [2.75, 3.05) is 0 Å². The summed E-state index contributed by atoms with van der Waals surface area (Å²) in [6, 6.07) is 0.558. The first-order chi connectivity index (χ1) is 4.71. The monoisotopic (exact) mass is 194 g/mol. The van der Waals surface area contributed by atoms with Crippen LogP contribution in [0.4, 0.5) is 0 Å². The van der Waals surface area contributed by atoms with Gasteiger partial charge >= 0.3 is 0 Å². The lowest BCUT2D eigenvalue weighted by Gasteiger charge is -2.16. The lowest BCUT2D eigenvalue weighted by atomic mass is 9.94. The summed E-state index contributed by atoms with van der Waals surface area (Å²) >= 11 is 0.